The molecule has 2 aromatic heterocycles. The molecule has 0 radical (unpaired) electrons. The molecule has 1 atom stereocenters. The zero-order valence-electron chi connectivity index (χ0n) is 18.7. The number of thiophene rings is 1. The standard InChI is InChI=1S/C22H24N4O6S2/c1-11(2)6-8-26-15-7-9-33-19(15)18(27)17(22(26)29)21-24-14-5-4-13(32-12(3)20(23)28)10-16(14)34(30,31)25-21/h4-5,7,9-12,27H,6,8H2,1-3H3,(H2,23,28)(H,24,25). The first-order valence-electron chi connectivity index (χ1n) is 10.5. The normalized spacial score (nSPS) is 15.5. The molecule has 1 aliphatic rings. The van der Waals surface area contributed by atoms with E-state index in [1.54, 1.807) is 11.4 Å². The smallest absolute Gasteiger partial charge is 0.286 e. The maximum absolute atomic E-state index is 13.4. The molecule has 180 valence electrons. The Morgan fingerprint density at radius 2 is 2.03 bits per heavy atom. The molecule has 0 aliphatic carbocycles. The van der Waals surface area contributed by atoms with Gasteiger partial charge in [0.2, 0.25) is 0 Å². The predicted octanol–water partition coefficient (Wildman–Crippen LogP) is 2.63. The Bertz CT molecular complexity index is 1490. The van der Waals surface area contributed by atoms with Crippen LogP contribution in [0, 0.1) is 5.92 Å². The van der Waals surface area contributed by atoms with Crippen LogP contribution < -0.4 is 21.3 Å². The summed E-state index contributed by atoms with van der Waals surface area (Å²) in [4.78, 5) is 24.5. The van der Waals surface area contributed by atoms with E-state index in [-0.39, 0.29) is 33.5 Å². The molecule has 3 heterocycles. The van der Waals surface area contributed by atoms with Crippen molar-refractivity contribution >= 4 is 49.0 Å². The Morgan fingerprint density at radius 1 is 1.29 bits per heavy atom. The van der Waals surface area contributed by atoms with Gasteiger partial charge in [-0.15, -0.1) is 15.7 Å². The number of benzene rings is 1. The number of carbonyl (C=O) groups excluding carboxylic acids is 1. The first-order chi connectivity index (χ1) is 16.0. The lowest BCUT2D eigenvalue weighted by Crippen LogP contribution is -2.33. The highest BCUT2D eigenvalue weighted by Gasteiger charge is 2.31. The molecule has 1 aliphatic heterocycles. The minimum absolute atomic E-state index is 0.118. The van der Waals surface area contributed by atoms with Crippen molar-refractivity contribution in [3.63, 3.8) is 0 Å². The molecule has 10 nitrogen and oxygen atoms in total. The minimum Gasteiger partial charge on any atom is -0.505 e. The number of carbonyl (C=O) groups is 1. The Hall–Kier alpha value is -3.38. The van der Waals surface area contributed by atoms with E-state index in [9.17, 15) is 23.1 Å². The summed E-state index contributed by atoms with van der Waals surface area (Å²) in [6, 6.07) is 5.87. The van der Waals surface area contributed by atoms with Crippen LogP contribution in [0.4, 0.5) is 5.69 Å². The summed E-state index contributed by atoms with van der Waals surface area (Å²) < 4.78 is 37.2. The zero-order valence-corrected chi connectivity index (χ0v) is 20.4. The van der Waals surface area contributed by atoms with Crippen LogP contribution in [0.25, 0.3) is 10.2 Å². The Balaban J connectivity index is 1.82. The van der Waals surface area contributed by atoms with E-state index >= 15 is 0 Å². The van der Waals surface area contributed by atoms with Gasteiger partial charge < -0.3 is 25.5 Å². The van der Waals surface area contributed by atoms with Crippen molar-refractivity contribution in [2.45, 2.75) is 44.7 Å². The number of anilines is 1. The highest BCUT2D eigenvalue weighted by molar-refractivity contribution is 7.90. The minimum atomic E-state index is -4.26. The third-order valence-corrected chi connectivity index (χ3v) is 7.65. The summed E-state index contributed by atoms with van der Waals surface area (Å²) in [5.41, 5.74) is 5.19. The quantitative estimate of drug-likeness (QED) is 0.447. The van der Waals surface area contributed by atoms with Crippen molar-refractivity contribution in [1.82, 2.24) is 4.57 Å². The number of aryl methyl sites for hydroxylation is 1. The number of aromatic hydroxyl groups is 1. The van der Waals surface area contributed by atoms with E-state index < -0.39 is 27.6 Å². The fourth-order valence-electron chi connectivity index (χ4n) is 3.56. The number of pyridine rings is 1. The Labute approximate surface area is 199 Å². The maximum atomic E-state index is 13.4. The molecule has 1 amide bonds. The van der Waals surface area contributed by atoms with Gasteiger partial charge in [0, 0.05) is 12.6 Å². The van der Waals surface area contributed by atoms with Crippen molar-refractivity contribution in [1.29, 1.82) is 0 Å². The summed E-state index contributed by atoms with van der Waals surface area (Å²) in [6.07, 6.45) is -0.238. The van der Waals surface area contributed by atoms with Gasteiger partial charge in [-0.05, 0) is 42.8 Å². The summed E-state index contributed by atoms with van der Waals surface area (Å²) in [5, 5.41) is 15.5. The summed E-state index contributed by atoms with van der Waals surface area (Å²) >= 11 is 1.25. The highest BCUT2D eigenvalue weighted by atomic mass is 32.2. The van der Waals surface area contributed by atoms with E-state index in [0.29, 0.717) is 22.7 Å². The van der Waals surface area contributed by atoms with Crippen LogP contribution >= 0.6 is 11.3 Å². The van der Waals surface area contributed by atoms with E-state index in [0.717, 1.165) is 6.42 Å². The maximum Gasteiger partial charge on any atom is 0.286 e. The van der Waals surface area contributed by atoms with Crippen molar-refractivity contribution in [3.05, 3.63) is 45.6 Å². The number of ether oxygens (including phenoxy) is 1. The molecule has 1 aromatic carbocycles. The lowest BCUT2D eigenvalue weighted by Gasteiger charge is -2.21. The second-order valence-electron chi connectivity index (χ2n) is 8.36. The topological polar surface area (TPSA) is 153 Å². The number of hydrogen-bond acceptors (Lipinski definition) is 8. The number of aromatic nitrogens is 1. The molecule has 0 saturated carbocycles. The molecule has 34 heavy (non-hydrogen) atoms. The fraction of sp³-hybridized carbons (Fsp3) is 0.318. The van der Waals surface area contributed by atoms with E-state index in [2.05, 4.69) is 9.71 Å². The lowest BCUT2D eigenvalue weighted by molar-refractivity contribution is -0.123. The summed E-state index contributed by atoms with van der Waals surface area (Å²) in [7, 11) is -4.26. The van der Waals surface area contributed by atoms with Crippen molar-refractivity contribution in [2.24, 2.45) is 16.0 Å². The van der Waals surface area contributed by atoms with Crippen molar-refractivity contribution < 1.29 is 23.1 Å². The number of amides is 1. The van der Waals surface area contributed by atoms with Crippen LogP contribution in [-0.4, -0.2) is 35.9 Å². The summed E-state index contributed by atoms with van der Waals surface area (Å²) in [6.45, 7) is 5.93. The average molecular weight is 505 g/mol. The van der Waals surface area contributed by atoms with Crippen LogP contribution in [0.1, 0.15) is 32.8 Å². The molecule has 0 spiro atoms. The van der Waals surface area contributed by atoms with Gasteiger partial charge in [-0.2, -0.15) is 8.42 Å². The van der Waals surface area contributed by atoms with Crippen LogP contribution in [0.15, 0.2) is 43.7 Å². The number of hydrogen-bond donors (Lipinski definition) is 3. The van der Waals surface area contributed by atoms with Gasteiger partial charge in [0.15, 0.2) is 17.7 Å². The van der Waals surface area contributed by atoms with Gasteiger partial charge in [0.05, 0.1) is 15.9 Å². The van der Waals surface area contributed by atoms with Crippen LogP contribution in [0.2, 0.25) is 0 Å². The molecule has 3 aromatic rings. The van der Waals surface area contributed by atoms with Crippen molar-refractivity contribution in [2.75, 3.05) is 5.32 Å². The number of fused-ring (bicyclic) bond motifs is 2. The number of sulfonamides is 1. The molecule has 0 fully saturated rings. The van der Waals surface area contributed by atoms with Gasteiger partial charge in [0.25, 0.3) is 21.5 Å². The molecular formula is C22H24N4O6S2. The average Bonchev–Trinajstić information content (AvgIpc) is 3.23. The number of nitrogens with two attached hydrogens (primary N) is 1. The first kappa shape index (κ1) is 23.8. The Morgan fingerprint density at radius 3 is 2.71 bits per heavy atom. The molecule has 1 unspecified atom stereocenters. The Kier molecular flexibility index (Phi) is 6.13. The largest absolute Gasteiger partial charge is 0.505 e. The van der Waals surface area contributed by atoms with Gasteiger partial charge in [-0.3, -0.25) is 9.59 Å². The van der Waals surface area contributed by atoms with E-state index in [4.69, 9.17) is 10.5 Å². The van der Waals surface area contributed by atoms with Crippen LogP contribution in [0.3, 0.4) is 0 Å². The monoisotopic (exact) mass is 504 g/mol. The number of primary amides is 1. The van der Waals surface area contributed by atoms with Gasteiger partial charge in [0.1, 0.15) is 16.2 Å². The molecule has 0 bridgehead atoms. The van der Waals surface area contributed by atoms with Crippen LogP contribution in [-0.2, 0) is 21.4 Å². The van der Waals surface area contributed by atoms with Gasteiger partial charge in [-0.25, -0.2) is 0 Å². The van der Waals surface area contributed by atoms with Crippen LogP contribution in [0.5, 0.6) is 11.5 Å². The number of rotatable bonds is 7. The zero-order chi connectivity index (χ0) is 24.8. The number of nitrogens with one attached hydrogen (secondary N) is 1. The second kappa shape index (κ2) is 8.76. The molecule has 4 N–H and O–H groups in total. The van der Waals surface area contributed by atoms with E-state index in [1.807, 2.05) is 13.8 Å². The van der Waals surface area contributed by atoms with E-state index in [1.165, 1.54) is 41.0 Å². The predicted molar refractivity (Wildman–Crippen MR) is 130 cm³/mol. The molecule has 4 rings (SSSR count). The lowest BCUT2D eigenvalue weighted by atomic mass is 10.1. The van der Waals surface area contributed by atoms with Crippen molar-refractivity contribution in [3.8, 4) is 11.5 Å². The molecule has 0 saturated heterocycles. The third kappa shape index (κ3) is 4.26. The van der Waals surface area contributed by atoms with Gasteiger partial charge >= 0.3 is 0 Å². The molecular weight excluding hydrogens is 480 g/mol. The number of amidine groups is 1. The SMILES string of the molecule is CC(C)CCn1c(=O)c(C2=NS(=O)(=O)c3cc(OC(C)C(N)=O)ccc3N2)c(O)c2sccc21. The highest BCUT2D eigenvalue weighted by Crippen LogP contribution is 2.36. The first-order valence-corrected chi connectivity index (χ1v) is 12.9. The summed E-state index contributed by atoms with van der Waals surface area (Å²) in [5.74, 6) is -0.831. The number of nitrogens with zero attached hydrogens (tertiary/aromatic N) is 2. The second-order valence-corrected chi connectivity index (χ2v) is 10.8. The fourth-order valence-corrected chi connectivity index (χ4v) is 5.54. The molecule has 12 heteroatoms. The third-order valence-electron chi connectivity index (χ3n) is 5.42. The van der Waals surface area contributed by atoms with Gasteiger partial charge in [-0.1, -0.05) is 13.8 Å².